The molecule has 0 bridgehead atoms. The van der Waals surface area contributed by atoms with Gasteiger partial charge in [0.1, 0.15) is 13.2 Å². The van der Waals surface area contributed by atoms with E-state index in [1.165, 1.54) is 0 Å². The van der Waals surface area contributed by atoms with E-state index in [2.05, 4.69) is 5.16 Å². The van der Waals surface area contributed by atoms with Crippen molar-refractivity contribution in [2.75, 3.05) is 13.2 Å². The predicted octanol–water partition coefficient (Wildman–Crippen LogP) is 1.06. The van der Waals surface area contributed by atoms with Crippen molar-refractivity contribution in [3.05, 3.63) is 23.3 Å². The van der Waals surface area contributed by atoms with Gasteiger partial charge in [0.25, 0.3) is 0 Å². The van der Waals surface area contributed by atoms with E-state index in [1.54, 1.807) is 0 Å². The van der Waals surface area contributed by atoms with Gasteiger partial charge in [0.05, 0.1) is 0 Å². The molecule has 0 spiro atoms. The maximum atomic E-state index is 8.60. The van der Waals surface area contributed by atoms with Crippen LogP contribution >= 0.6 is 0 Å². The van der Waals surface area contributed by atoms with Crippen LogP contribution < -0.4 is 15.2 Å². The Morgan fingerprint density at radius 2 is 1.94 bits per heavy atom. The van der Waals surface area contributed by atoms with Crippen molar-refractivity contribution in [3.63, 3.8) is 0 Å². The first-order valence-corrected chi connectivity index (χ1v) is 4.93. The van der Waals surface area contributed by atoms with Gasteiger partial charge in [0.15, 0.2) is 17.3 Å². The van der Waals surface area contributed by atoms with Gasteiger partial charge in [0.2, 0.25) is 0 Å². The Balaban J connectivity index is 2.03. The standard InChI is InChI=1S/C11H10N2O3/c12-11(13-14)8-3-6-4-9-10(5-7(6)8)16-2-1-15-9/h3-5,14H,1-2H2,(H2,12,13). The third-order valence-corrected chi connectivity index (χ3v) is 2.69. The van der Waals surface area contributed by atoms with Crippen molar-refractivity contribution < 1.29 is 14.7 Å². The second-order valence-corrected chi connectivity index (χ2v) is 3.63. The number of hydrogen-bond donors (Lipinski definition) is 2. The van der Waals surface area contributed by atoms with E-state index in [4.69, 9.17) is 20.4 Å². The zero-order valence-corrected chi connectivity index (χ0v) is 8.43. The van der Waals surface area contributed by atoms with E-state index < -0.39 is 0 Å². The van der Waals surface area contributed by atoms with Gasteiger partial charge < -0.3 is 20.4 Å². The first kappa shape index (κ1) is 9.08. The Kier molecular flexibility index (Phi) is 1.80. The zero-order chi connectivity index (χ0) is 11.1. The van der Waals surface area contributed by atoms with Crippen molar-refractivity contribution in [2.24, 2.45) is 10.9 Å². The van der Waals surface area contributed by atoms with Crippen molar-refractivity contribution in [2.45, 2.75) is 0 Å². The fourth-order valence-electron chi connectivity index (χ4n) is 1.88. The quantitative estimate of drug-likeness (QED) is 0.320. The molecular formula is C11H10N2O3. The van der Waals surface area contributed by atoms with Crippen LogP contribution in [0, 0.1) is 0 Å². The van der Waals surface area contributed by atoms with Crippen molar-refractivity contribution in [1.82, 2.24) is 0 Å². The summed E-state index contributed by atoms with van der Waals surface area (Å²) in [5.41, 5.74) is 8.21. The van der Waals surface area contributed by atoms with Crippen LogP contribution in [-0.4, -0.2) is 24.3 Å². The van der Waals surface area contributed by atoms with Crippen molar-refractivity contribution in [3.8, 4) is 11.5 Å². The molecule has 3 rings (SSSR count). The minimum atomic E-state index is 0.115. The highest BCUT2D eigenvalue weighted by molar-refractivity contribution is 6.31. The van der Waals surface area contributed by atoms with Crippen LogP contribution in [0.25, 0.3) is 11.6 Å². The minimum Gasteiger partial charge on any atom is -0.486 e. The van der Waals surface area contributed by atoms with Gasteiger partial charge in [-0.25, -0.2) is 0 Å². The van der Waals surface area contributed by atoms with Gasteiger partial charge in [-0.05, 0) is 29.3 Å². The molecule has 82 valence electrons. The molecule has 1 heterocycles. The lowest BCUT2D eigenvalue weighted by molar-refractivity contribution is 0.171. The largest absolute Gasteiger partial charge is 0.486 e. The molecule has 1 aromatic rings. The number of ether oxygens (including phenoxy) is 2. The normalized spacial score (nSPS) is 17.2. The van der Waals surface area contributed by atoms with E-state index in [1.807, 2.05) is 18.2 Å². The number of nitrogens with zero attached hydrogens (tertiary/aromatic N) is 1. The molecule has 0 radical (unpaired) electrons. The van der Waals surface area contributed by atoms with Crippen LogP contribution in [0.1, 0.15) is 11.1 Å². The molecule has 0 atom stereocenters. The minimum absolute atomic E-state index is 0.115. The SMILES string of the molecule is NC(=NO)C1=Cc2cc3c(cc21)OCCO3. The summed E-state index contributed by atoms with van der Waals surface area (Å²) < 4.78 is 10.9. The summed E-state index contributed by atoms with van der Waals surface area (Å²) in [7, 11) is 0. The number of hydrogen-bond acceptors (Lipinski definition) is 4. The molecule has 0 saturated heterocycles. The maximum Gasteiger partial charge on any atom is 0.170 e. The molecule has 1 aromatic carbocycles. The summed E-state index contributed by atoms with van der Waals surface area (Å²) in [6, 6.07) is 3.76. The number of fused-ring (bicyclic) bond motifs is 2. The van der Waals surface area contributed by atoms with Crippen molar-refractivity contribution >= 4 is 17.5 Å². The lowest BCUT2D eigenvalue weighted by Gasteiger charge is -2.24. The van der Waals surface area contributed by atoms with Gasteiger partial charge in [-0.3, -0.25) is 0 Å². The molecule has 2 aliphatic rings. The van der Waals surface area contributed by atoms with Crippen LogP contribution in [0.15, 0.2) is 17.3 Å². The van der Waals surface area contributed by atoms with Crippen LogP contribution in [0.3, 0.4) is 0 Å². The molecule has 16 heavy (non-hydrogen) atoms. The van der Waals surface area contributed by atoms with Gasteiger partial charge >= 0.3 is 0 Å². The molecule has 5 nitrogen and oxygen atoms in total. The topological polar surface area (TPSA) is 77.1 Å². The molecule has 5 heteroatoms. The molecule has 1 aliphatic carbocycles. The highest BCUT2D eigenvalue weighted by Crippen LogP contribution is 2.41. The monoisotopic (exact) mass is 218 g/mol. The number of amidine groups is 1. The molecule has 0 aromatic heterocycles. The third kappa shape index (κ3) is 1.14. The summed E-state index contributed by atoms with van der Waals surface area (Å²) in [6.07, 6.45) is 1.85. The summed E-state index contributed by atoms with van der Waals surface area (Å²) in [5, 5.41) is 11.6. The number of nitrogens with two attached hydrogens (primary N) is 1. The Bertz CT molecular complexity index is 520. The molecule has 0 saturated carbocycles. The molecule has 0 unspecified atom stereocenters. The predicted molar refractivity (Wildman–Crippen MR) is 58.7 cm³/mol. The number of rotatable bonds is 1. The Labute approximate surface area is 91.8 Å². The van der Waals surface area contributed by atoms with Crippen molar-refractivity contribution in [1.29, 1.82) is 0 Å². The lowest BCUT2D eigenvalue weighted by Crippen LogP contribution is -2.20. The number of oxime groups is 1. The third-order valence-electron chi connectivity index (χ3n) is 2.69. The van der Waals surface area contributed by atoms with E-state index in [-0.39, 0.29) is 5.84 Å². The van der Waals surface area contributed by atoms with E-state index in [0.29, 0.717) is 19.0 Å². The van der Waals surface area contributed by atoms with E-state index in [9.17, 15) is 0 Å². The molecule has 1 aliphatic heterocycles. The number of benzene rings is 1. The maximum absolute atomic E-state index is 8.60. The van der Waals surface area contributed by atoms with Crippen LogP contribution in [0.5, 0.6) is 11.5 Å². The Morgan fingerprint density at radius 1 is 1.25 bits per heavy atom. The van der Waals surface area contributed by atoms with Crippen LogP contribution in [0.2, 0.25) is 0 Å². The Hall–Kier alpha value is -2.17. The highest BCUT2D eigenvalue weighted by Gasteiger charge is 2.24. The summed E-state index contributed by atoms with van der Waals surface area (Å²) in [4.78, 5) is 0. The smallest absolute Gasteiger partial charge is 0.170 e. The second-order valence-electron chi connectivity index (χ2n) is 3.63. The van der Waals surface area contributed by atoms with E-state index >= 15 is 0 Å². The summed E-state index contributed by atoms with van der Waals surface area (Å²) >= 11 is 0. The molecular weight excluding hydrogens is 208 g/mol. The van der Waals surface area contributed by atoms with E-state index in [0.717, 1.165) is 22.4 Å². The Morgan fingerprint density at radius 3 is 2.62 bits per heavy atom. The van der Waals surface area contributed by atoms with Gasteiger partial charge in [-0.2, -0.15) is 0 Å². The average molecular weight is 218 g/mol. The average Bonchev–Trinajstić information content (AvgIpc) is 2.31. The fourth-order valence-corrected chi connectivity index (χ4v) is 1.88. The summed E-state index contributed by atoms with van der Waals surface area (Å²) in [5.74, 6) is 1.57. The van der Waals surface area contributed by atoms with Gasteiger partial charge in [0, 0.05) is 5.57 Å². The highest BCUT2D eigenvalue weighted by atomic mass is 16.6. The van der Waals surface area contributed by atoms with Crippen LogP contribution in [0.4, 0.5) is 0 Å². The molecule has 3 N–H and O–H groups in total. The van der Waals surface area contributed by atoms with Gasteiger partial charge in [-0.1, -0.05) is 5.16 Å². The first-order valence-electron chi connectivity index (χ1n) is 4.93. The molecule has 0 amide bonds. The lowest BCUT2D eigenvalue weighted by atomic mass is 9.87. The second kappa shape index (κ2) is 3.16. The molecule has 0 fully saturated rings. The zero-order valence-electron chi connectivity index (χ0n) is 8.43. The first-order chi connectivity index (χ1) is 7.79. The fraction of sp³-hybridized carbons (Fsp3) is 0.182. The van der Waals surface area contributed by atoms with Crippen LogP contribution in [-0.2, 0) is 0 Å². The van der Waals surface area contributed by atoms with Gasteiger partial charge in [-0.15, -0.1) is 0 Å². The summed E-state index contributed by atoms with van der Waals surface area (Å²) in [6.45, 7) is 1.12.